The van der Waals surface area contributed by atoms with Gasteiger partial charge >= 0.3 is 0 Å². The first-order chi connectivity index (χ1) is 1.41. The van der Waals surface area contributed by atoms with Crippen molar-refractivity contribution >= 4 is 31.2 Å². The highest BCUT2D eigenvalue weighted by molar-refractivity contribution is 5.85. The van der Waals surface area contributed by atoms with Crippen molar-refractivity contribution in [2.75, 3.05) is 0 Å². The van der Waals surface area contributed by atoms with Crippen LogP contribution in [0.4, 0.5) is 0 Å². The molecule has 0 aromatic rings. The molecule has 0 amide bonds. The Hall–Kier alpha value is 0.0500. The van der Waals surface area contributed by atoms with Gasteiger partial charge in [-0.05, 0) is 0 Å². The van der Waals surface area contributed by atoms with E-state index in [4.69, 9.17) is 5.41 Å². The second kappa shape index (κ2) is 34.2. The Bertz CT molecular complexity index is 15.1. The summed E-state index contributed by atoms with van der Waals surface area (Å²) in [4.78, 5) is 0. The fourth-order valence-corrected chi connectivity index (χ4v) is 0. The molecule has 0 rings (SSSR count). The Morgan fingerprint density at radius 1 is 1.40 bits per heavy atom. The second-order valence-electron chi connectivity index (χ2n) is 0.167. The molecule has 34 valence electrons. The largest absolute Gasteiger partial charge is 0.390 e. The molecule has 0 aromatic carbocycles. The molecular weight excluding hydrogens is 111 g/mol. The predicted octanol–water partition coefficient (Wildman–Crippen LogP) is 0.396. The molecule has 2 nitrogen and oxygen atoms in total. The molecule has 0 aliphatic heterocycles. The molecule has 0 radical (unpaired) electrons. The van der Waals surface area contributed by atoms with Crippen molar-refractivity contribution in [2.24, 2.45) is 5.73 Å². The third-order valence-electron chi connectivity index (χ3n) is 0. The zero-order valence-electron chi connectivity index (χ0n) is 2.47. The van der Waals surface area contributed by atoms with Crippen LogP contribution in [0.2, 0.25) is 0 Å². The third-order valence-corrected chi connectivity index (χ3v) is 0. The number of nitrogens with two attached hydrogens (primary N) is 1. The summed E-state index contributed by atoms with van der Waals surface area (Å²) in [5, 5.41) is 5.86. The highest BCUT2D eigenvalue weighted by atomic mass is 35.5. The second-order valence-corrected chi connectivity index (χ2v) is 0.167. The number of nitrogens with one attached hydrogen (secondary N) is 1. The average Bonchev–Trinajstić information content (AvgIpc) is 0.918. The number of rotatable bonds is 0. The van der Waals surface area contributed by atoms with Crippen LogP contribution in [0.15, 0.2) is 0 Å². The molecule has 4 heteroatoms. The first-order valence-corrected chi connectivity index (χ1v) is 0.622. The van der Waals surface area contributed by atoms with Gasteiger partial charge in [-0.3, -0.25) is 5.41 Å². The van der Waals surface area contributed by atoms with E-state index in [1.54, 1.807) is 0 Å². The van der Waals surface area contributed by atoms with Crippen LogP contribution in [0.1, 0.15) is 0 Å². The van der Waals surface area contributed by atoms with Crippen molar-refractivity contribution in [1.82, 2.24) is 0 Å². The molecule has 0 spiro atoms. The van der Waals surface area contributed by atoms with Gasteiger partial charge in [0.1, 0.15) is 0 Å². The van der Waals surface area contributed by atoms with E-state index in [2.05, 4.69) is 5.73 Å². The third kappa shape index (κ3) is 6810. The van der Waals surface area contributed by atoms with Crippen LogP contribution in [0.25, 0.3) is 0 Å². The van der Waals surface area contributed by atoms with Gasteiger partial charge in [0.05, 0.1) is 6.34 Å². The minimum Gasteiger partial charge on any atom is -0.390 e. The first kappa shape index (κ1) is 19.7. The molecule has 0 saturated carbocycles. The smallest absolute Gasteiger partial charge is 0.0765 e. The van der Waals surface area contributed by atoms with E-state index in [-0.39, 0.29) is 24.8 Å². The number of hydrogen-bond donors (Lipinski definition) is 2. The lowest BCUT2D eigenvalue weighted by Gasteiger charge is -1.38. The zero-order valence-corrected chi connectivity index (χ0v) is 4.10. The van der Waals surface area contributed by atoms with Gasteiger partial charge in [-0.25, -0.2) is 0 Å². The van der Waals surface area contributed by atoms with Gasteiger partial charge < -0.3 is 5.73 Å². The van der Waals surface area contributed by atoms with E-state index in [1.807, 2.05) is 0 Å². The summed E-state index contributed by atoms with van der Waals surface area (Å²) in [6.07, 6.45) is 0.750. The van der Waals surface area contributed by atoms with Crippen molar-refractivity contribution in [1.29, 1.82) is 5.41 Å². The molecule has 3 N–H and O–H groups in total. The van der Waals surface area contributed by atoms with E-state index >= 15 is 0 Å². The molecule has 0 atom stereocenters. The lowest BCUT2D eigenvalue weighted by Crippen LogP contribution is -1.81. The van der Waals surface area contributed by atoms with Gasteiger partial charge in [-0.1, -0.05) is 0 Å². The summed E-state index contributed by atoms with van der Waals surface area (Å²) in [6, 6.07) is 0. The van der Waals surface area contributed by atoms with Gasteiger partial charge in [0.25, 0.3) is 0 Å². The lowest BCUT2D eigenvalue weighted by atomic mass is 11.4. The molecule has 0 fully saturated rings. The van der Waals surface area contributed by atoms with E-state index in [9.17, 15) is 0 Å². The standard InChI is InChI=1S/CH4N2.2ClH/c2-1-3;;/h1H,(H3,2,3);2*1H. The van der Waals surface area contributed by atoms with Crippen LogP contribution in [-0.4, -0.2) is 6.34 Å². The zero-order chi connectivity index (χ0) is 2.71. The van der Waals surface area contributed by atoms with Gasteiger partial charge in [0, 0.05) is 0 Å². The van der Waals surface area contributed by atoms with Crippen molar-refractivity contribution in [2.45, 2.75) is 0 Å². The predicted molar refractivity (Wildman–Crippen MR) is 27.5 cm³/mol. The molecule has 0 heterocycles. The molecule has 0 aromatic heterocycles. The van der Waals surface area contributed by atoms with Gasteiger partial charge in [0.2, 0.25) is 0 Å². The Morgan fingerprint density at radius 3 is 1.40 bits per heavy atom. The van der Waals surface area contributed by atoms with E-state index in [1.165, 1.54) is 0 Å². The van der Waals surface area contributed by atoms with Crippen LogP contribution in [-0.2, 0) is 0 Å². The van der Waals surface area contributed by atoms with Gasteiger partial charge in [-0.2, -0.15) is 0 Å². The van der Waals surface area contributed by atoms with E-state index < -0.39 is 0 Å². The summed E-state index contributed by atoms with van der Waals surface area (Å²) in [7, 11) is 0. The number of hydrogen-bond acceptors (Lipinski definition) is 1. The summed E-state index contributed by atoms with van der Waals surface area (Å²) in [5.74, 6) is 0. The molecule has 0 unspecified atom stereocenters. The summed E-state index contributed by atoms with van der Waals surface area (Å²) < 4.78 is 0. The molecule has 5 heavy (non-hydrogen) atoms. The maximum Gasteiger partial charge on any atom is 0.0765 e. The van der Waals surface area contributed by atoms with Crippen molar-refractivity contribution < 1.29 is 0 Å². The van der Waals surface area contributed by atoms with Crippen molar-refractivity contribution in [3.8, 4) is 0 Å². The normalized spacial score (nSPS) is 2.40. The summed E-state index contributed by atoms with van der Waals surface area (Å²) in [6.45, 7) is 0. The Labute approximate surface area is 43.1 Å². The van der Waals surface area contributed by atoms with Gasteiger partial charge in [-0.15, -0.1) is 24.8 Å². The van der Waals surface area contributed by atoms with Crippen LogP contribution in [0.5, 0.6) is 0 Å². The Morgan fingerprint density at radius 2 is 1.40 bits per heavy atom. The SMILES string of the molecule is Cl.Cl.N=CN. The average molecular weight is 117 g/mol. The molecule has 0 aliphatic rings. The quantitative estimate of drug-likeness (QED) is 0.350. The lowest BCUT2D eigenvalue weighted by molar-refractivity contribution is 1.52. The topological polar surface area (TPSA) is 49.9 Å². The van der Waals surface area contributed by atoms with Crippen LogP contribution >= 0.6 is 24.8 Å². The van der Waals surface area contributed by atoms with E-state index in [0.29, 0.717) is 0 Å². The monoisotopic (exact) mass is 116 g/mol. The van der Waals surface area contributed by atoms with Crippen molar-refractivity contribution in [3.05, 3.63) is 0 Å². The highest BCUT2D eigenvalue weighted by Gasteiger charge is 1.10. The minimum absolute atomic E-state index is 0. The minimum atomic E-state index is 0. The maximum atomic E-state index is 5.86. The first-order valence-electron chi connectivity index (χ1n) is 0.622. The fraction of sp³-hybridized carbons (Fsp3) is 0. The fourth-order valence-electron chi connectivity index (χ4n) is 0. The summed E-state index contributed by atoms with van der Waals surface area (Å²) >= 11 is 0. The molecule has 0 saturated heterocycles. The van der Waals surface area contributed by atoms with Crippen LogP contribution in [0, 0.1) is 5.41 Å². The van der Waals surface area contributed by atoms with Crippen LogP contribution < -0.4 is 5.73 Å². The maximum absolute atomic E-state index is 5.86. The van der Waals surface area contributed by atoms with Gasteiger partial charge in [0.15, 0.2) is 0 Å². The molecule has 0 aliphatic carbocycles. The Balaban J connectivity index is -0.0000000200. The summed E-state index contributed by atoms with van der Waals surface area (Å²) in [5.41, 5.74) is 4.39. The number of halogens is 2. The Kier molecular flexibility index (Phi) is 135. The molecular formula is CH6Cl2N2. The van der Waals surface area contributed by atoms with Crippen molar-refractivity contribution in [3.63, 3.8) is 0 Å². The van der Waals surface area contributed by atoms with Crippen LogP contribution in [0.3, 0.4) is 0 Å². The van der Waals surface area contributed by atoms with E-state index in [0.717, 1.165) is 6.34 Å². The highest BCUT2D eigenvalue weighted by Crippen LogP contribution is 0.879. The molecule has 0 bridgehead atoms.